The normalized spacial score (nSPS) is 10.2. The highest BCUT2D eigenvalue weighted by molar-refractivity contribution is 5.66. The maximum atomic E-state index is 13.4. The molecule has 5 heteroatoms. The zero-order valence-corrected chi connectivity index (χ0v) is 8.80. The van der Waals surface area contributed by atoms with Crippen LogP contribution in [0.5, 0.6) is 5.75 Å². The topological polar surface area (TPSA) is 46.5 Å². The highest BCUT2D eigenvalue weighted by Gasteiger charge is 2.13. The van der Waals surface area contributed by atoms with Gasteiger partial charge >= 0.3 is 5.97 Å². The molecule has 1 aromatic rings. The summed E-state index contributed by atoms with van der Waals surface area (Å²) in [6.45, 7) is 0. The van der Waals surface area contributed by atoms with E-state index in [2.05, 4.69) is 4.74 Å². The predicted molar refractivity (Wildman–Crippen MR) is 53.5 cm³/mol. The quantitative estimate of drug-likeness (QED) is 0.844. The molecule has 1 N–H and O–H groups in total. The zero-order valence-electron chi connectivity index (χ0n) is 8.80. The number of aliphatic carboxylic acids is 1. The van der Waals surface area contributed by atoms with Gasteiger partial charge in [0.2, 0.25) is 5.82 Å². The average Bonchev–Trinajstić information content (AvgIpc) is 2.24. The minimum Gasteiger partial charge on any atom is -0.494 e. The number of ether oxygens (including phenoxy) is 1. The Morgan fingerprint density at radius 1 is 1.38 bits per heavy atom. The maximum Gasteiger partial charge on any atom is 0.303 e. The van der Waals surface area contributed by atoms with Gasteiger partial charge in [-0.3, -0.25) is 4.79 Å². The molecule has 0 aliphatic rings. The minimum atomic E-state index is -1.03. The van der Waals surface area contributed by atoms with Crippen LogP contribution < -0.4 is 4.74 Å². The molecule has 3 nitrogen and oxygen atoms in total. The van der Waals surface area contributed by atoms with Gasteiger partial charge in [0.15, 0.2) is 11.6 Å². The van der Waals surface area contributed by atoms with Gasteiger partial charge < -0.3 is 9.84 Å². The third kappa shape index (κ3) is 2.92. The number of benzene rings is 1. The molecule has 0 aromatic heterocycles. The van der Waals surface area contributed by atoms with Crippen LogP contribution >= 0.6 is 0 Å². The third-order valence-electron chi connectivity index (χ3n) is 2.18. The molecule has 0 radical (unpaired) electrons. The minimum absolute atomic E-state index is 0.0624. The summed E-state index contributed by atoms with van der Waals surface area (Å²) in [5, 5.41) is 8.41. The molecule has 0 aliphatic heterocycles. The van der Waals surface area contributed by atoms with Gasteiger partial charge in [0.1, 0.15) is 0 Å². The van der Waals surface area contributed by atoms with Crippen molar-refractivity contribution in [3.8, 4) is 5.75 Å². The van der Waals surface area contributed by atoms with Crippen molar-refractivity contribution in [3.05, 3.63) is 29.3 Å². The van der Waals surface area contributed by atoms with E-state index >= 15 is 0 Å². The predicted octanol–water partition coefficient (Wildman–Crippen LogP) is 2.38. The van der Waals surface area contributed by atoms with Crippen LogP contribution in [-0.2, 0) is 11.2 Å². The lowest BCUT2D eigenvalue weighted by molar-refractivity contribution is -0.137. The lowest BCUT2D eigenvalue weighted by Gasteiger charge is -2.06. The molecule has 1 rings (SSSR count). The van der Waals surface area contributed by atoms with E-state index in [1.807, 2.05) is 0 Å². The Hall–Kier alpha value is -1.65. The van der Waals surface area contributed by atoms with Gasteiger partial charge in [-0.05, 0) is 24.5 Å². The van der Waals surface area contributed by atoms with E-state index in [1.165, 1.54) is 19.2 Å². The van der Waals surface area contributed by atoms with Gasteiger partial charge in [-0.2, -0.15) is 4.39 Å². The number of hydrogen-bond donors (Lipinski definition) is 1. The standard InChI is InChI=1S/C11H12F2O3/c1-16-8-6-5-7(10(12)11(8)13)3-2-4-9(14)15/h5-6H,2-4H2,1H3,(H,14,15). The fourth-order valence-electron chi connectivity index (χ4n) is 1.35. The lowest BCUT2D eigenvalue weighted by atomic mass is 10.1. The number of hydrogen-bond acceptors (Lipinski definition) is 2. The molecular formula is C11H12F2O3. The number of halogens is 2. The van der Waals surface area contributed by atoms with E-state index in [9.17, 15) is 13.6 Å². The molecule has 0 heterocycles. The first kappa shape index (κ1) is 12.4. The van der Waals surface area contributed by atoms with Crippen LogP contribution in [0.3, 0.4) is 0 Å². The van der Waals surface area contributed by atoms with Crippen molar-refractivity contribution in [2.75, 3.05) is 7.11 Å². The summed E-state index contributed by atoms with van der Waals surface area (Å²) in [6, 6.07) is 2.73. The van der Waals surface area contributed by atoms with Crippen LogP contribution in [-0.4, -0.2) is 18.2 Å². The zero-order chi connectivity index (χ0) is 12.1. The van der Waals surface area contributed by atoms with Crippen molar-refractivity contribution >= 4 is 5.97 Å². The van der Waals surface area contributed by atoms with E-state index in [4.69, 9.17) is 5.11 Å². The number of carboxylic acid groups (broad SMARTS) is 1. The van der Waals surface area contributed by atoms with Gasteiger partial charge in [-0.25, -0.2) is 4.39 Å². The largest absolute Gasteiger partial charge is 0.494 e. The van der Waals surface area contributed by atoms with Gasteiger partial charge in [0, 0.05) is 6.42 Å². The summed E-state index contributed by atoms with van der Waals surface area (Å²) < 4.78 is 31.2. The van der Waals surface area contributed by atoms with Crippen LogP contribution in [0.4, 0.5) is 8.78 Å². The summed E-state index contributed by atoms with van der Waals surface area (Å²) >= 11 is 0. The second-order valence-electron chi connectivity index (χ2n) is 3.30. The fraction of sp³-hybridized carbons (Fsp3) is 0.364. The van der Waals surface area contributed by atoms with E-state index < -0.39 is 17.6 Å². The molecule has 88 valence electrons. The smallest absolute Gasteiger partial charge is 0.303 e. The van der Waals surface area contributed by atoms with Crippen LogP contribution in [0.25, 0.3) is 0 Å². The number of carboxylic acids is 1. The van der Waals surface area contributed by atoms with Crippen molar-refractivity contribution in [2.45, 2.75) is 19.3 Å². The second-order valence-corrected chi connectivity index (χ2v) is 3.30. The highest BCUT2D eigenvalue weighted by Crippen LogP contribution is 2.23. The van der Waals surface area contributed by atoms with Crippen LogP contribution in [0, 0.1) is 11.6 Å². The molecule has 0 fully saturated rings. The molecule has 0 saturated carbocycles. The fourth-order valence-corrected chi connectivity index (χ4v) is 1.35. The summed E-state index contributed by atoms with van der Waals surface area (Å²) in [5.41, 5.74) is 0.166. The molecule has 0 unspecified atom stereocenters. The SMILES string of the molecule is COc1ccc(CCCC(=O)O)c(F)c1F. The molecule has 0 bridgehead atoms. The van der Waals surface area contributed by atoms with E-state index in [0.29, 0.717) is 0 Å². The Morgan fingerprint density at radius 2 is 2.06 bits per heavy atom. The lowest BCUT2D eigenvalue weighted by Crippen LogP contribution is -2.00. The van der Waals surface area contributed by atoms with E-state index in [-0.39, 0.29) is 30.6 Å². The van der Waals surface area contributed by atoms with Crippen LogP contribution in [0.15, 0.2) is 12.1 Å². The molecule has 0 aliphatic carbocycles. The maximum absolute atomic E-state index is 13.4. The Labute approximate surface area is 91.7 Å². The first-order valence-electron chi connectivity index (χ1n) is 4.79. The summed E-state index contributed by atoms with van der Waals surface area (Å²) in [5.74, 6) is -3.10. The monoisotopic (exact) mass is 230 g/mol. The summed E-state index contributed by atoms with van der Waals surface area (Å²) in [7, 11) is 1.25. The van der Waals surface area contributed by atoms with E-state index in [1.54, 1.807) is 0 Å². The summed E-state index contributed by atoms with van der Waals surface area (Å²) in [6.07, 6.45) is 0.407. The Bertz CT molecular complexity index is 391. The highest BCUT2D eigenvalue weighted by atomic mass is 19.2. The molecular weight excluding hydrogens is 218 g/mol. The molecule has 0 saturated heterocycles. The summed E-state index contributed by atoms with van der Waals surface area (Å²) in [4.78, 5) is 10.3. The third-order valence-corrected chi connectivity index (χ3v) is 2.18. The van der Waals surface area contributed by atoms with Gasteiger partial charge in [0.05, 0.1) is 7.11 Å². The Kier molecular flexibility index (Phi) is 4.22. The number of carbonyl (C=O) groups is 1. The van der Waals surface area contributed by atoms with Crippen molar-refractivity contribution in [1.29, 1.82) is 0 Å². The molecule has 0 amide bonds. The second kappa shape index (κ2) is 5.44. The van der Waals surface area contributed by atoms with E-state index in [0.717, 1.165) is 0 Å². The first-order valence-corrected chi connectivity index (χ1v) is 4.79. The van der Waals surface area contributed by atoms with Crippen LogP contribution in [0.2, 0.25) is 0 Å². The van der Waals surface area contributed by atoms with Crippen LogP contribution in [0.1, 0.15) is 18.4 Å². The molecule has 16 heavy (non-hydrogen) atoms. The Balaban J connectivity index is 2.74. The van der Waals surface area contributed by atoms with Gasteiger partial charge in [-0.1, -0.05) is 6.07 Å². The Morgan fingerprint density at radius 3 is 2.62 bits per heavy atom. The molecule has 0 atom stereocenters. The van der Waals surface area contributed by atoms with Gasteiger partial charge in [-0.15, -0.1) is 0 Å². The molecule has 1 aromatic carbocycles. The van der Waals surface area contributed by atoms with Crippen molar-refractivity contribution in [1.82, 2.24) is 0 Å². The average molecular weight is 230 g/mol. The van der Waals surface area contributed by atoms with Gasteiger partial charge in [0.25, 0.3) is 0 Å². The number of aryl methyl sites for hydroxylation is 1. The van der Waals surface area contributed by atoms with Crippen molar-refractivity contribution in [2.24, 2.45) is 0 Å². The number of methoxy groups -OCH3 is 1. The molecule has 0 spiro atoms. The first-order chi connectivity index (χ1) is 7.56. The van der Waals surface area contributed by atoms with Crippen molar-refractivity contribution in [3.63, 3.8) is 0 Å². The number of rotatable bonds is 5. The van der Waals surface area contributed by atoms with Crippen molar-refractivity contribution < 1.29 is 23.4 Å².